The van der Waals surface area contributed by atoms with Gasteiger partial charge < -0.3 is 15.6 Å². The highest BCUT2D eigenvalue weighted by Gasteiger charge is 2.13. The van der Waals surface area contributed by atoms with Gasteiger partial charge in [0.1, 0.15) is 5.82 Å². The molecular weight excluding hydrogens is 338 g/mol. The number of primary amides is 1. The van der Waals surface area contributed by atoms with Gasteiger partial charge in [0.05, 0.1) is 5.75 Å². The van der Waals surface area contributed by atoms with Crippen molar-refractivity contribution < 1.29 is 9.59 Å². The zero-order valence-electron chi connectivity index (χ0n) is 14.5. The van der Waals surface area contributed by atoms with E-state index < -0.39 is 0 Å². The minimum atomic E-state index is -0.365. The Labute approximate surface area is 151 Å². The lowest BCUT2D eigenvalue weighted by Gasteiger charge is -2.08. The number of amides is 2. The lowest BCUT2D eigenvalue weighted by Crippen LogP contribution is -2.25. The van der Waals surface area contributed by atoms with Crippen LogP contribution in [-0.4, -0.2) is 32.3 Å². The maximum absolute atomic E-state index is 12.1. The van der Waals surface area contributed by atoms with Gasteiger partial charge in [-0.25, -0.2) is 0 Å². The van der Waals surface area contributed by atoms with Crippen LogP contribution >= 0.6 is 11.8 Å². The number of thioether (sulfide) groups is 1. The van der Waals surface area contributed by atoms with E-state index in [4.69, 9.17) is 5.73 Å². The normalized spacial score (nSPS) is 10.6. The van der Waals surface area contributed by atoms with Gasteiger partial charge in [-0.2, -0.15) is 0 Å². The second kappa shape index (κ2) is 9.22. The third-order valence-electron chi connectivity index (χ3n) is 3.77. The molecular formula is C17H23N5O2S. The smallest absolute Gasteiger partial charge is 0.230 e. The minimum absolute atomic E-state index is 0.0578. The molecule has 25 heavy (non-hydrogen) atoms. The van der Waals surface area contributed by atoms with E-state index in [1.807, 2.05) is 42.7 Å². The second-order valence-corrected chi connectivity index (χ2v) is 6.54. The fraction of sp³-hybridized carbons (Fsp3) is 0.412. The molecule has 0 atom stereocenters. The molecule has 2 rings (SSSR count). The zero-order chi connectivity index (χ0) is 18.2. The van der Waals surface area contributed by atoms with E-state index >= 15 is 0 Å². The molecule has 0 bridgehead atoms. The van der Waals surface area contributed by atoms with Gasteiger partial charge in [-0.05, 0) is 25.0 Å². The van der Waals surface area contributed by atoms with Crippen molar-refractivity contribution in [3.8, 4) is 0 Å². The van der Waals surface area contributed by atoms with Crippen LogP contribution in [0.25, 0.3) is 0 Å². The lowest BCUT2D eigenvalue weighted by molar-refractivity contribution is -0.119. The Balaban J connectivity index is 1.87. The Bertz CT molecular complexity index is 744. The highest BCUT2D eigenvalue weighted by molar-refractivity contribution is 7.99. The summed E-state index contributed by atoms with van der Waals surface area (Å²) in [5.41, 5.74) is 7.43. The molecule has 0 fully saturated rings. The average Bonchev–Trinajstić information content (AvgIpc) is 2.99. The van der Waals surface area contributed by atoms with Crippen LogP contribution in [0, 0.1) is 6.92 Å². The summed E-state index contributed by atoms with van der Waals surface area (Å²) in [6, 6.07) is 7.96. The van der Waals surface area contributed by atoms with Crippen molar-refractivity contribution in [1.82, 2.24) is 20.1 Å². The molecule has 0 saturated heterocycles. The van der Waals surface area contributed by atoms with Crippen molar-refractivity contribution in [3.63, 3.8) is 0 Å². The molecule has 0 radical (unpaired) electrons. The third-order valence-corrected chi connectivity index (χ3v) is 4.74. The zero-order valence-corrected chi connectivity index (χ0v) is 15.3. The maximum Gasteiger partial charge on any atom is 0.230 e. The van der Waals surface area contributed by atoms with E-state index in [2.05, 4.69) is 15.5 Å². The molecule has 1 aromatic carbocycles. The Morgan fingerprint density at radius 1 is 1.28 bits per heavy atom. The fourth-order valence-electron chi connectivity index (χ4n) is 2.35. The second-order valence-electron chi connectivity index (χ2n) is 5.60. The van der Waals surface area contributed by atoms with Crippen LogP contribution in [0.1, 0.15) is 30.3 Å². The van der Waals surface area contributed by atoms with Crippen LogP contribution in [0.4, 0.5) is 0 Å². The predicted octanol–water partition coefficient (Wildman–Crippen LogP) is 1.43. The number of carbonyl (C=O) groups is 2. The van der Waals surface area contributed by atoms with Crippen LogP contribution in [0.3, 0.4) is 0 Å². The van der Waals surface area contributed by atoms with Gasteiger partial charge in [-0.1, -0.05) is 36.0 Å². The van der Waals surface area contributed by atoms with Crippen molar-refractivity contribution in [2.75, 3.05) is 5.75 Å². The van der Waals surface area contributed by atoms with Gasteiger partial charge in [0, 0.05) is 25.9 Å². The first-order chi connectivity index (χ1) is 12.0. The Kier molecular flexibility index (Phi) is 7.00. The van der Waals surface area contributed by atoms with Gasteiger partial charge in [-0.15, -0.1) is 10.2 Å². The Morgan fingerprint density at radius 3 is 2.72 bits per heavy atom. The van der Waals surface area contributed by atoms with Crippen molar-refractivity contribution in [2.45, 2.75) is 44.9 Å². The SMILES string of the molecule is CCn1c(CCC(N)=O)nnc1SCC(=O)NCc1ccccc1C. The van der Waals surface area contributed by atoms with Gasteiger partial charge in [0.15, 0.2) is 5.16 Å². The molecule has 2 amide bonds. The molecule has 1 heterocycles. The molecule has 0 saturated carbocycles. The van der Waals surface area contributed by atoms with E-state index in [9.17, 15) is 9.59 Å². The number of nitrogens with two attached hydrogens (primary N) is 1. The number of benzene rings is 1. The Morgan fingerprint density at radius 2 is 2.04 bits per heavy atom. The summed E-state index contributed by atoms with van der Waals surface area (Å²) in [6.07, 6.45) is 0.690. The topological polar surface area (TPSA) is 103 Å². The van der Waals surface area contributed by atoms with Crippen molar-refractivity contribution in [2.24, 2.45) is 5.73 Å². The first-order valence-corrected chi connectivity index (χ1v) is 9.14. The number of rotatable bonds is 9. The quantitative estimate of drug-likeness (QED) is 0.658. The maximum atomic E-state index is 12.1. The van der Waals surface area contributed by atoms with E-state index in [0.29, 0.717) is 30.5 Å². The first-order valence-electron chi connectivity index (χ1n) is 8.15. The van der Waals surface area contributed by atoms with Crippen LogP contribution in [0.2, 0.25) is 0 Å². The molecule has 134 valence electrons. The molecule has 7 nitrogen and oxygen atoms in total. The largest absolute Gasteiger partial charge is 0.370 e. The standard InChI is InChI=1S/C17H23N5O2S/c1-3-22-15(9-8-14(18)23)20-21-17(22)25-11-16(24)19-10-13-7-5-4-6-12(13)2/h4-7H,3,8-11H2,1-2H3,(H2,18,23)(H,19,24). The first kappa shape index (κ1) is 19.0. The minimum Gasteiger partial charge on any atom is -0.370 e. The summed E-state index contributed by atoms with van der Waals surface area (Å²) in [4.78, 5) is 23.0. The molecule has 0 aliphatic heterocycles. The molecule has 0 spiro atoms. The van der Waals surface area contributed by atoms with Gasteiger partial charge in [0.25, 0.3) is 0 Å². The predicted molar refractivity (Wildman–Crippen MR) is 97.0 cm³/mol. The van der Waals surface area contributed by atoms with Gasteiger partial charge in [0.2, 0.25) is 11.8 Å². The summed E-state index contributed by atoms with van der Waals surface area (Å²) in [7, 11) is 0. The molecule has 2 aromatic rings. The van der Waals surface area contributed by atoms with Crippen LogP contribution < -0.4 is 11.1 Å². The number of carbonyl (C=O) groups excluding carboxylic acids is 2. The van der Waals surface area contributed by atoms with Crippen LogP contribution in [0.15, 0.2) is 29.4 Å². The van der Waals surface area contributed by atoms with Crippen LogP contribution in [-0.2, 0) is 29.1 Å². The van der Waals surface area contributed by atoms with E-state index in [-0.39, 0.29) is 24.0 Å². The third kappa shape index (κ3) is 5.60. The number of nitrogens with one attached hydrogen (secondary N) is 1. The number of aromatic nitrogens is 3. The van der Waals surface area contributed by atoms with E-state index in [1.54, 1.807) is 0 Å². The van der Waals surface area contributed by atoms with Gasteiger partial charge in [-0.3, -0.25) is 9.59 Å². The van der Waals surface area contributed by atoms with E-state index in [1.165, 1.54) is 11.8 Å². The Hall–Kier alpha value is -2.35. The molecule has 0 unspecified atom stereocenters. The van der Waals surface area contributed by atoms with Crippen molar-refractivity contribution in [3.05, 3.63) is 41.2 Å². The number of hydrogen-bond acceptors (Lipinski definition) is 5. The highest BCUT2D eigenvalue weighted by Crippen LogP contribution is 2.17. The van der Waals surface area contributed by atoms with Crippen LogP contribution in [0.5, 0.6) is 0 Å². The summed E-state index contributed by atoms with van der Waals surface area (Å²) in [6.45, 7) is 5.18. The monoisotopic (exact) mass is 361 g/mol. The van der Waals surface area contributed by atoms with Gasteiger partial charge >= 0.3 is 0 Å². The molecule has 3 N–H and O–H groups in total. The summed E-state index contributed by atoms with van der Waals surface area (Å²) >= 11 is 1.34. The number of hydrogen-bond donors (Lipinski definition) is 2. The molecule has 0 aliphatic rings. The lowest BCUT2D eigenvalue weighted by atomic mass is 10.1. The summed E-state index contributed by atoms with van der Waals surface area (Å²) in [5.74, 6) is 0.553. The number of nitrogens with zero attached hydrogens (tertiary/aromatic N) is 3. The van der Waals surface area contributed by atoms with Crippen molar-refractivity contribution >= 4 is 23.6 Å². The highest BCUT2D eigenvalue weighted by atomic mass is 32.2. The number of aryl methyl sites for hydroxylation is 2. The summed E-state index contributed by atoms with van der Waals surface area (Å²) < 4.78 is 1.90. The fourth-order valence-corrected chi connectivity index (χ4v) is 3.20. The van der Waals surface area contributed by atoms with E-state index in [0.717, 1.165) is 11.1 Å². The summed E-state index contributed by atoms with van der Waals surface area (Å²) in [5, 5.41) is 11.8. The molecule has 1 aromatic heterocycles. The van der Waals surface area contributed by atoms with Crippen molar-refractivity contribution in [1.29, 1.82) is 0 Å². The molecule has 8 heteroatoms. The average molecular weight is 361 g/mol. The molecule has 0 aliphatic carbocycles.